The van der Waals surface area contributed by atoms with Crippen molar-refractivity contribution in [2.75, 3.05) is 0 Å². The molecule has 13 heteroatoms. The molecule has 0 fully saturated rings. The van der Waals surface area contributed by atoms with Gasteiger partial charge in [0.25, 0.3) is 0 Å². The van der Waals surface area contributed by atoms with Crippen LogP contribution in [0.25, 0.3) is 0 Å². The maximum Gasteiger partial charge on any atom is 0.311 e. The van der Waals surface area contributed by atoms with E-state index in [1.807, 2.05) is 20.8 Å². The minimum Gasteiger partial charge on any atom is -0.462 e. The number of hydrogen-bond acceptors (Lipinski definition) is 13. The van der Waals surface area contributed by atoms with E-state index in [0.29, 0.717) is 57.8 Å². The molecule has 1 aliphatic rings. The van der Waals surface area contributed by atoms with Gasteiger partial charge in [-0.05, 0) is 78.1 Å². The lowest BCUT2D eigenvalue weighted by atomic mass is 9.88. The van der Waals surface area contributed by atoms with Gasteiger partial charge in [-0.3, -0.25) is 24.0 Å². The van der Waals surface area contributed by atoms with Crippen molar-refractivity contribution in [3.05, 3.63) is 23.3 Å². The molecule has 1 aliphatic heterocycles. The zero-order valence-electron chi connectivity index (χ0n) is 34.8. The molecule has 0 saturated heterocycles. The van der Waals surface area contributed by atoms with E-state index in [0.717, 1.165) is 17.6 Å². The highest BCUT2D eigenvalue weighted by Crippen LogP contribution is 2.27. The molecule has 316 valence electrons. The summed E-state index contributed by atoms with van der Waals surface area (Å²) in [5.74, 6) is -3.97. The van der Waals surface area contributed by atoms with E-state index in [1.54, 1.807) is 19.9 Å². The molecular formula is C42H70O13. The molecule has 0 radical (unpaired) electrons. The van der Waals surface area contributed by atoms with Crippen molar-refractivity contribution in [1.82, 2.24) is 0 Å². The third kappa shape index (κ3) is 22.8. The standard InChI is InChI=1S/C42H70O13/c1-10-13-36(51-30(6)43)21-27(3)20-35(48)23-39-22-34(47)15-12-11-14-26(2)16-18-37(52-31(7)44)24-40(54-33(9)46)25-38(53-32(8)45)19-17-28(4)41(49)29(5)42(50)55-39/h14,20,28-29,34-41,47-49H,10-13,15-19,21-25H2,1-9H3/b26-14+,27-20+/t28-,29+,34-,35-,36-,37+,38+,39+,40+,41+/m1/s1. The number of aliphatic hydroxyl groups is 3. The summed E-state index contributed by atoms with van der Waals surface area (Å²) in [7, 11) is 0. The topological polar surface area (TPSA) is 192 Å². The third-order valence-electron chi connectivity index (χ3n) is 9.85. The van der Waals surface area contributed by atoms with E-state index >= 15 is 0 Å². The molecule has 0 amide bonds. The Morgan fingerprint density at radius 2 is 1.44 bits per heavy atom. The van der Waals surface area contributed by atoms with Crippen LogP contribution in [0.15, 0.2) is 23.3 Å². The first-order valence-electron chi connectivity index (χ1n) is 20.1. The van der Waals surface area contributed by atoms with Crippen LogP contribution >= 0.6 is 0 Å². The lowest BCUT2D eigenvalue weighted by molar-refractivity contribution is -0.161. The number of aliphatic hydroxyl groups excluding tert-OH is 3. The lowest BCUT2D eigenvalue weighted by Gasteiger charge is -2.29. The average molecular weight is 783 g/mol. The van der Waals surface area contributed by atoms with Crippen LogP contribution in [0.3, 0.4) is 0 Å². The third-order valence-corrected chi connectivity index (χ3v) is 9.85. The van der Waals surface area contributed by atoms with E-state index in [-0.39, 0.29) is 37.8 Å². The number of hydrogen-bond donors (Lipinski definition) is 3. The molecule has 3 N–H and O–H groups in total. The number of allylic oxidation sites excluding steroid dienone is 2. The van der Waals surface area contributed by atoms with Gasteiger partial charge in [0.15, 0.2) is 0 Å². The fourth-order valence-electron chi connectivity index (χ4n) is 7.11. The molecular weight excluding hydrogens is 712 g/mol. The van der Waals surface area contributed by atoms with Crippen molar-refractivity contribution in [1.29, 1.82) is 0 Å². The molecule has 0 aromatic rings. The van der Waals surface area contributed by atoms with Gasteiger partial charge in [-0.25, -0.2) is 0 Å². The van der Waals surface area contributed by atoms with Gasteiger partial charge in [-0.1, -0.05) is 43.6 Å². The average Bonchev–Trinajstić information content (AvgIpc) is 3.05. The number of cyclic esters (lactones) is 1. The monoisotopic (exact) mass is 782 g/mol. The maximum atomic E-state index is 13.5. The molecule has 0 bridgehead atoms. The molecule has 55 heavy (non-hydrogen) atoms. The lowest BCUT2D eigenvalue weighted by Crippen LogP contribution is -2.37. The number of esters is 5. The Kier molecular flexibility index (Phi) is 24.0. The van der Waals surface area contributed by atoms with Gasteiger partial charge in [-0.2, -0.15) is 0 Å². The van der Waals surface area contributed by atoms with Gasteiger partial charge in [0.1, 0.15) is 30.5 Å². The van der Waals surface area contributed by atoms with Gasteiger partial charge < -0.3 is 39.0 Å². The number of rotatable bonds is 11. The molecule has 0 aromatic carbocycles. The van der Waals surface area contributed by atoms with Crippen LogP contribution in [0.5, 0.6) is 0 Å². The summed E-state index contributed by atoms with van der Waals surface area (Å²) >= 11 is 0. The first-order valence-corrected chi connectivity index (χ1v) is 20.1. The quantitative estimate of drug-likeness (QED) is 0.119. The first kappa shape index (κ1) is 49.7. The van der Waals surface area contributed by atoms with Crippen LogP contribution in [0.2, 0.25) is 0 Å². The zero-order chi connectivity index (χ0) is 41.7. The predicted octanol–water partition coefficient (Wildman–Crippen LogP) is 6.37. The normalized spacial score (nSPS) is 29.4. The smallest absolute Gasteiger partial charge is 0.311 e. The summed E-state index contributed by atoms with van der Waals surface area (Å²) in [6, 6.07) is 0. The summed E-state index contributed by atoms with van der Waals surface area (Å²) in [6.07, 6.45) is 3.43. The van der Waals surface area contributed by atoms with Crippen LogP contribution in [-0.2, 0) is 47.7 Å². The van der Waals surface area contributed by atoms with E-state index in [4.69, 9.17) is 23.7 Å². The molecule has 0 aromatic heterocycles. The fraction of sp³-hybridized carbons (Fsp3) is 0.786. The highest BCUT2D eigenvalue weighted by Gasteiger charge is 2.33. The fourth-order valence-corrected chi connectivity index (χ4v) is 7.11. The summed E-state index contributed by atoms with van der Waals surface area (Å²) < 4.78 is 28.2. The van der Waals surface area contributed by atoms with Gasteiger partial charge >= 0.3 is 29.8 Å². The minimum atomic E-state index is -1.13. The Hall–Kier alpha value is -3.29. The second kappa shape index (κ2) is 26.5. The molecule has 0 unspecified atom stereocenters. The highest BCUT2D eigenvalue weighted by atomic mass is 16.6. The molecule has 0 spiro atoms. The molecule has 10 atom stereocenters. The molecule has 1 heterocycles. The second-order valence-electron chi connectivity index (χ2n) is 15.5. The van der Waals surface area contributed by atoms with E-state index in [2.05, 4.69) is 6.08 Å². The van der Waals surface area contributed by atoms with E-state index in [9.17, 15) is 39.3 Å². The largest absolute Gasteiger partial charge is 0.462 e. The number of ether oxygens (including phenoxy) is 5. The Labute approximate surface area is 328 Å². The van der Waals surface area contributed by atoms with Crippen LogP contribution in [0.1, 0.15) is 152 Å². The van der Waals surface area contributed by atoms with Gasteiger partial charge in [-0.15, -0.1) is 0 Å². The van der Waals surface area contributed by atoms with Crippen molar-refractivity contribution in [3.63, 3.8) is 0 Å². The van der Waals surface area contributed by atoms with Crippen molar-refractivity contribution in [3.8, 4) is 0 Å². The summed E-state index contributed by atoms with van der Waals surface area (Å²) in [4.78, 5) is 61.3. The Morgan fingerprint density at radius 3 is 2.00 bits per heavy atom. The van der Waals surface area contributed by atoms with Crippen molar-refractivity contribution in [2.45, 2.75) is 201 Å². The van der Waals surface area contributed by atoms with Crippen molar-refractivity contribution in [2.24, 2.45) is 11.8 Å². The van der Waals surface area contributed by atoms with E-state index in [1.165, 1.54) is 27.7 Å². The predicted molar refractivity (Wildman–Crippen MR) is 206 cm³/mol. The van der Waals surface area contributed by atoms with Crippen LogP contribution in [0.4, 0.5) is 0 Å². The Bertz CT molecular complexity index is 1260. The van der Waals surface area contributed by atoms with Crippen LogP contribution < -0.4 is 0 Å². The van der Waals surface area contributed by atoms with Crippen molar-refractivity contribution < 1.29 is 63.0 Å². The molecule has 0 aliphatic carbocycles. The Balaban J connectivity index is 3.36. The Morgan fingerprint density at radius 1 is 0.855 bits per heavy atom. The van der Waals surface area contributed by atoms with Gasteiger partial charge in [0.2, 0.25) is 0 Å². The first-order chi connectivity index (χ1) is 25.8. The van der Waals surface area contributed by atoms with Gasteiger partial charge in [0.05, 0.1) is 24.2 Å². The van der Waals surface area contributed by atoms with E-state index < -0.39 is 78.4 Å². The molecule has 13 nitrogen and oxygen atoms in total. The minimum absolute atomic E-state index is 0.0145. The summed E-state index contributed by atoms with van der Waals surface area (Å²) in [5, 5.41) is 33.4. The zero-order valence-corrected chi connectivity index (χ0v) is 34.8. The second-order valence-corrected chi connectivity index (χ2v) is 15.5. The molecule has 1 rings (SSSR count). The van der Waals surface area contributed by atoms with Crippen molar-refractivity contribution >= 4 is 29.8 Å². The van der Waals surface area contributed by atoms with Gasteiger partial charge in [0, 0.05) is 59.8 Å². The SMILES string of the molecule is CCC[C@H](C/C(C)=C/[C@@H](O)C[C@@H]1C[C@H](O)CCC/C=C(\C)CC[C@H](OC(C)=O)C[C@H](OC(C)=O)C[C@@H](OC(C)=O)CC[C@@H](C)[C@H](O)[C@H](C)C(=O)O1)OC(C)=O. The van der Waals surface area contributed by atoms with Crippen LogP contribution in [-0.4, -0.2) is 94.0 Å². The summed E-state index contributed by atoms with van der Waals surface area (Å²) in [5.41, 5.74) is 1.87. The maximum absolute atomic E-state index is 13.5. The number of carbonyl (C=O) groups is 5. The molecule has 0 saturated carbocycles. The highest BCUT2D eigenvalue weighted by molar-refractivity contribution is 5.73. The number of carbonyl (C=O) groups excluding carboxylic acids is 5. The summed E-state index contributed by atoms with van der Waals surface area (Å²) in [6.45, 7) is 14.4. The van der Waals surface area contributed by atoms with Crippen LogP contribution in [0, 0.1) is 11.8 Å².